The molecular formula is C54H32OS. The van der Waals surface area contributed by atoms with Crippen molar-refractivity contribution in [3.05, 3.63) is 194 Å². The molecule has 0 atom stereocenters. The predicted molar refractivity (Wildman–Crippen MR) is 238 cm³/mol. The van der Waals surface area contributed by atoms with Crippen LogP contribution in [-0.4, -0.2) is 0 Å². The van der Waals surface area contributed by atoms with Gasteiger partial charge >= 0.3 is 0 Å². The summed E-state index contributed by atoms with van der Waals surface area (Å²) in [6.07, 6.45) is 0. The van der Waals surface area contributed by atoms with E-state index in [0.717, 1.165) is 33.1 Å². The molecule has 0 saturated carbocycles. The van der Waals surface area contributed by atoms with E-state index in [1.54, 1.807) is 0 Å². The van der Waals surface area contributed by atoms with Crippen LogP contribution in [0.4, 0.5) is 0 Å². The Morgan fingerprint density at radius 1 is 0.286 bits per heavy atom. The van der Waals surface area contributed by atoms with Gasteiger partial charge in [-0.25, -0.2) is 0 Å². The number of thiophene rings is 1. The average Bonchev–Trinajstić information content (AvgIpc) is 3.84. The van der Waals surface area contributed by atoms with E-state index in [9.17, 15) is 0 Å². The zero-order valence-electron chi connectivity index (χ0n) is 30.3. The lowest BCUT2D eigenvalue weighted by molar-refractivity contribution is 0.670. The molecular weight excluding hydrogens is 697 g/mol. The van der Waals surface area contributed by atoms with Gasteiger partial charge in [-0.2, -0.15) is 0 Å². The van der Waals surface area contributed by atoms with Crippen molar-refractivity contribution >= 4 is 53.4 Å². The highest BCUT2D eigenvalue weighted by Gasteiger charge is 2.25. The molecule has 11 aromatic rings. The lowest BCUT2D eigenvalue weighted by Crippen LogP contribution is -1.99. The Hall–Kier alpha value is -7.00. The summed E-state index contributed by atoms with van der Waals surface area (Å²) < 4.78 is 9.28. The maximum atomic E-state index is 6.67. The van der Waals surface area contributed by atoms with E-state index in [2.05, 4.69) is 188 Å². The molecule has 2 aromatic heterocycles. The molecule has 0 fully saturated rings. The molecule has 0 amide bonds. The van der Waals surface area contributed by atoms with Crippen LogP contribution >= 0.6 is 11.3 Å². The lowest BCUT2D eigenvalue weighted by atomic mass is 9.78. The number of hydrogen-bond acceptors (Lipinski definition) is 2. The summed E-state index contributed by atoms with van der Waals surface area (Å²) in [5.41, 5.74) is 18.7. The van der Waals surface area contributed by atoms with Gasteiger partial charge in [0.15, 0.2) is 0 Å². The minimum atomic E-state index is 0.904. The summed E-state index contributed by atoms with van der Waals surface area (Å²) in [6, 6.07) is 71.3. The molecule has 260 valence electrons. The third-order valence-electron chi connectivity index (χ3n) is 11.7. The minimum absolute atomic E-state index is 0.904. The molecule has 0 aliphatic heterocycles. The quantitative estimate of drug-likeness (QED) is 0.177. The van der Waals surface area contributed by atoms with Crippen molar-refractivity contribution in [1.29, 1.82) is 0 Å². The third kappa shape index (κ3) is 4.73. The number of rotatable bonds is 3. The van der Waals surface area contributed by atoms with Crippen molar-refractivity contribution < 1.29 is 4.42 Å². The second-order valence-corrected chi connectivity index (χ2v) is 15.8. The van der Waals surface area contributed by atoms with E-state index in [1.807, 2.05) is 17.4 Å². The highest BCUT2D eigenvalue weighted by molar-refractivity contribution is 7.25. The molecule has 2 heterocycles. The second-order valence-electron chi connectivity index (χ2n) is 14.8. The van der Waals surface area contributed by atoms with Crippen LogP contribution in [0.5, 0.6) is 0 Å². The summed E-state index contributed by atoms with van der Waals surface area (Å²) in [7, 11) is 0. The molecule has 0 bridgehead atoms. The Labute approximate surface area is 328 Å². The Balaban J connectivity index is 1.17. The van der Waals surface area contributed by atoms with Gasteiger partial charge in [-0.15, -0.1) is 11.3 Å². The molecule has 2 heteroatoms. The molecule has 1 nitrogen and oxygen atoms in total. The van der Waals surface area contributed by atoms with Crippen LogP contribution in [0.3, 0.4) is 0 Å². The zero-order chi connectivity index (χ0) is 36.7. The molecule has 0 N–H and O–H groups in total. The monoisotopic (exact) mass is 728 g/mol. The molecule has 0 spiro atoms. The van der Waals surface area contributed by atoms with E-state index in [1.165, 1.54) is 86.9 Å². The van der Waals surface area contributed by atoms with Crippen molar-refractivity contribution in [2.75, 3.05) is 0 Å². The first kappa shape index (κ1) is 31.4. The van der Waals surface area contributed by atoms with Crippen LogP contribution in [0.2, 0.25) is 0 Å². The van der Waals surface area contributed by atoms with Crippen molar-refractivity contribution in [3.8, 4) is 77.9 Å². The van der Waals surface area contributed by atoms with E-state index in [0.29, 0.717) is 0 Å². The first-order valence-electron chi connectivity index (χ1n) is 19.2. The fraction of sp³-hybridized carbons (Fsp3) is 0. The van der Waals surface area contributed by atoms with Gasteiger partial charge in [0.05, 0.1) is 0 Å². The highest BCUT2D eigenvalue weighted by atomic mass is 32.1. The SMILES string of the molecule is c1ccc2c(c1)-c1ccccc1-c1cccc(-c3cc(-c4ccc5sc6ccccc6c5c4)cc(-c4cccc5c4oc4ccccc45)c3)c1-c1ccccc1-2. The van der Waals surface area contributed by atoms with Gasteiger partial charge in [0.1, 0.15) is 11.2 Å². The molecule has 0 radical (unpaired) electrons. The molecule has 1 aliphatic carbocycles. The predicted octanol–water partition coefficient (Wildman–Crippen LogP) is 15.9. The number of para-hydroxylation sites is 2. The molecule has 1 aliphatic rings. The van der Waals surface area contributed by atoms with Crippen LogP contribution in [0.25, 0.3) is 120 Å². The van der Waals surface area contributed by atoms with Gasteiger partial charge in [-0.05, 0) is 115 Å². The fourth-order valence-corrected chi connectivity index (χ4v) is 10.2. The standard InChI is InChI=1S/C54H32OS/c1-2-14-40-39(13-1)41-15-3-4-16-43(41)47-23-11-21-37(53(47)46-20-6-5-17-42(40)46)35-29-34(33-27-28-52-49(32-33)45-19-8-10-26-51(45)56-52)30-36(31-35)38-22-12-24-48-44-18-7-9-25-50(44)55-54(38)48/h1-32H. The molecule has 56 heavy (non-hydrogen) atoms. The topological polar surface area (TPSA) is 13.1 Å². The van der Waals surface area contributed by atoms with Crippen molar-refractivity contribution in [2.24, 2.45) is 0 Å². The maximum Gasteiger partial charge on any atom is 0.143 e. The van der Waals surface area contributed by atoms with Gasteiger partial charge in [-0.1, -0.05) is 152 Å². The Kier molecular flexibility index (Phi) is 6.87. The van der Waals surface area contributed by atoms with Gasteiger partial charge in [-0.3, -0.25) is 0 Å². The van der Waals surface area contributed by atoms with Gasteiger partial charge in [0, 0.05) is 36.5 Å². The van der Waals surface area contributed by atoms with Gasteiger partial charge < -0.3 is 4.42 Å². The zero-order valence-corrected chi connectivity index (χ0v) is 31.1. The van der Waals surface area contributed by atoms with E-state index >= 15 is 0 Å². The average molecular weight is 729 g/mol. The smallest absolute Gasteiger partial charge is 0.143 e. The first-order valence-corrected chi connectivity index (χ1v) is 20.0. The van der Waals surface area contributed by atoms with E-state index < -0.39 is 0 Å². The van der Waals surface area contributed by atoms with Gasteiger partial charge in [0.25, 0.3) is 0 Å². The van der Waals surface area contributed by atoms with E-state index in [4.69, 9.17) is 4.42 Å². The number of fused-ring (bicyclic) bond motifs is 14. The Morgan fingerprint density at radius 3 is 1.55 bits per heavy atom. The first-order chi connectivity index (χ1) is 27.8. The summed E-state index contributed by atoms with van der Waals surface area (Å²) in [5.74, 6) is 0. The summed E-state index contributed by atoms with van der Waals surface area (Å²) in [5, 5.41) is 4.86. The number of benzene rings is 9. The largest absolute Gasteiger partial charge is 0.455 e. The normalized spacial score (nSPS) is 11.9. The maximum absolute atomic E-state index is 6.67. The summed E-state index contributed by atoms with van der Waals surface area (Å²) in [4.78, 5) is 0. The second kappa shape index (κ2) is 12.3. The third-order valence-corrected chi connectivity index (χ3v) is 12.8. The molecule has 0 saturated heterocycles. The van der Waals surface area contributed by atoms with Crippen LogP contribution in [-0.2, 0) is 0 Å². The van der Waals surface area contributed by atoms with Crippen LogP contribution in [0, 0.1) is 0 Å². The highest BCUT2D eigenvalue weighted by Crippen LogP contribution is 2.51. The lowest BCUT2D eigenvalue weighted by Gasteiger charge is -2.25. The molecule has 0 unspecified atom stereocenters. The van der Waals surface area contributed by atoms with Crippen LogP contribution in [0.1, 0.15) is 0 Å². The molecule has 9 aromatic carbocycles. The van der Waals surface area contributed by atoms with Crippen LogP contribution < -0.4 is 0 Å². The summed E-state index contributed by atoms with van der Waals surface area (Å²) >= 11 is 1.86. The van der Waals surface area contributed by atoms with E-state index in [-0.39, 0.29) is 0 Å². The Bertz CT molecular complexity index is 3370. The van der Waals surface area contributed by atoms with Crippen molar-refractivity contribution in [1.82, 2.24) is 0 Å². The number of furan rings is 1. The van der Waals surface area contributed by atoms with Crippen LogP contribution in [0.15, 0.2) is 199 Å². The van der Waals surface area contributed by atoms with Crippen molar-refractivity contribution in [3.63, 3.8) is 0 Å². The fourth-order valence-electron chi connectivity index (χ4n) is 9.13. The number of hydrogen-bond donors (Lipinski definition) is 0. The Morgan fingerprint density at radius 2 is 0.786 bits per heavy atom. The van der Waals surface area contributed by atoms with Crippen molar-refractivity contribution in [2.45, 2.75) is 0 Å². The summed E-state index contributed by atoms with van der Waals surface area (Å²) in [6.45, 7) is 0. The molecule has 12 rings (SSSR count). The van der Waals surface area contributed by atoms with Gasteiger partial charge in [0.2, 0.25) is 0 Å². The minimum Gasteiger partial charge on any atom is -0.455 e.